The van der Waals surface area contributed by atoms with Crippen LogP contribution in [0.25, 0.3) is 0 Å². The summed E-state index contributed by atoms with van der Waals surface area (Å²) < 4.78 is 5.36. The van der Waals surface area contributed by atoms with Gasteiger partial charge in [0.15, 0.2) is 6.10 Å². The summed E-state index contributed by atoms with van der Waals surface area (Å²) in [4.78, 5) is 10.8. The first-order valence-corrected chi connectivity index (χ1v) is 10.7. The maximum absolute atomic E-state index is 10.8. The van der Waals surface area contributed by atoms with Crippen molar-refractivity contribution in [3.8, 4) is 0 Å². The molecule has 0 saturated carbocycles. The predicted molar refractivity (Wildman–Crippen MR) is 107 cm³/mol. The first-order valence-electron chi connectivity index (χ1n) is 10.7. The molecule has 0 fully saturated rings. The maximum Gasteiger partial charge on any atom is 0.332 e. The first kappa shape index (κ1) is 24.2. The van der Waals surface area contributed by atoms with Gasteiger partial charge in [-0.15, -0.1) is 0 Å². The van der Waals surface area contributed by atoms with E-state index in [1.165, 1.54) is 77.0 Å². The highest BCUT2D eigenvalue weighted by atomic mass is 16.5. The van der Waals surface area contributed by atoms with Crippen molar-refractivity contribution in [2.75, 3.05) is 6.61 Å². The van der Waals surface area contributed by atoms with E-state index in [9.17, 15) is 4.79 Å². The number of aliphatic carboxylic acids is 1. The minimum Gasteiger partial charge on any atom is -0.479 e. The molecule has 0 aromatic carbocycles. The lowest BCUT2D eigenvalue weighted by atomic mass is 10.1. The molecule has 0 heterocycles. The number of carboxylic acid groups (broad SMARTS) is 1. The molecule has 0 spiro atoms. The second kappa shape index (κ2) is 19.5. The molecule has 0 rings (SSSR count). The highest BCUT2D eigenvalue weighted by molar-refractivity contribution is 5.72. The van der Waals surface area contributed by atoms with Gasteiger partial charge in [0.25, 0.3) is 0 Å². The van der Waals surface area contributed by atoms with Crippen LogP contribution in [0.15, 0.2) is 12.2 Å². The van der Waals surface area contributed by atoms with E-state index in [1.807, 2.05) is 6.92 Å². The van der Waals surface area contributed by atoms with Crippen LogP contribution in [0.1, 0.15) is 110 Å². The largest absolute Gasteiger partial charge is 0.479 e. The predicted octanol–water partition coefficient (Wildman–Crippen LogP) is 6.90. The zero-order valence-electron chi connectivity index (χ0n) is 16.8. The van der Waals surface area contributed by atoms with Crippen LogP contribution >= 0.6 is 0 Å². The van der Waals surface area contributed by atoms with Crippen LogP contribution in [0.2, 0.25) is 0 Å². The summed E-state index contributed by atoms with van der Waals surface area (Å²) in [7, 11) is 0. The Bertz CT molecular complexity index is 312. The van der Waals surface area contributed by atoms with Gasteiger partial charge >= 0.3 is 5.97 Å². The molecule has 0 aliphatic rings. The van der Waals surface area contributed by atoms with Crippen molar-refractivity contribution in [1.82, 2.24) is 0 Å². The van der Waals surface area contributed by atoms with Crippen molar-refractivity contribution in [2.45, 2.75) is 116 Å². The van der Waals surface area contributed by atoms with Crippen LogP contribution in [0, 0.1) is 0 Å². The number of rotatable bonds is 19. The lowest BCUT2D eigenvalue weighted by Gasteiger charge is -2.10. The Morgan fingerprint density at radius 2 is 1.28 bits per heavy atom. The standard InChI is InChI=1S/C22H42O3/c1-3-5-6-7-8-9-10-11-12-13-14-15-16-17-18-19-20-25-21(4-2)22(23)24/h11-12,21H,3-10,13-20H2,1-2H3,(H,23,24)/b12-11-. The number of allylic oxidation sites excluding steroid dienone is 2. The van der Waals surface area contributed by atoms with Gasteiger partial charge in [-0.2, -0.15) is 0 Å². The molecule has 0 bridgehead atoms. The van der Waals surface area contributed by atoms with Gasteiger partial charge in [0.1, 0.15) is 0 Å². The second-order valence-corrected chi connectivity index (χ2v) is 7.04. The Kier molecular flexibility index (Phi) is 18.8. The van der Waals surface area contributed by atoms with E-state index >= 15 is 0 Å². The van der Waals surface area contributed by atoms with E-state index in [0.29, 0.717) is 13.0 Å². The molecule has 0 aromatic rings. The van der Waals surface area contributed by atoms with Crippen LogP contribution in [0.5, 0.6) is 0 Å². The molecule has 0 radical (unpaired) electrons. The number of ether oxygens (including phenoxy) is 1. The number of hydrogen-bond donors (Lipinski definition) is 1. The molecule has 25 heavy (non-hydrogen) atoms. The Hall–Kier alpha value is -0.830. The Balaban J connectivity index is 3.20. The van der Waals surface area contributed by atoms with E-state index in [1.54, 1.807) is 0 Å². The molecule has 1 N–H and O–H groups in total. The van der Waals surface area contributed by atoms with Crippen molar-refractivity contribution in [2.24, 2.45) is 0 Å². The highest BCUT2D eigenvalue weighted by Gasteiger charge is 2.14. The third-order valence-electron chi connectivity index (χ3n) is 4.62. The summed E-state index contributed by atoms with van der Waals surface area (Å²) in [5.74, 6) is -0.841. The fourth-order valence-corrected chi connectivity index (χ4v) is 2.94. The molecular weight excluding hydrogens is 312 g/mol. The van der Waals surface area contributed by atoms with Crippen LogP contribution in [0.3, 0.4) is 0 Å². The minimum atomic E-state index is -0.841. The normalized spacial score (nSPS) is 12.7. The maximum atomic E-state index is 10.8. The summed E-state index contributed by atoms with van der Waals surface area (Å²) in [6.07, 6.45) is 22.6. The van der Waals surface area contributed by atoms with Crippen LogP contribution in [0.4, 0.5) is 0 Å². The minimum absolute atomic E-state index is 0.543. The van der Waals surface area contributed by atoms with E-state index in [0.717, 1.165) is 12.8 Å². The molecule has 3 nitrogen and oxygen atoms in total. The molecule has 0 aliphatic heterocycles. The van der Waals surface area contributed by atoms with E-state index in [-0.39, 0.29) is 0 Å². The average molecular weight is 355 g/mol. The van der Waals surface area contributed by atoms with Gasteiger partial charge in [-0.3, -0.25) is 0 Å². The first-order chi connectivity index (χ1) is 12.2. The molecule has 1 unspecified atom stereocenters. The van der Waals surface area contributed by atoms with E-state index < -0.39 is 12.1 Å². The zero-order valence-corrected chi connectivity index (χ0v) is 16.8. The van der Waals surface area contributed by atoms with Crippen LogP contribution in [-0.2, 0) is 9.53 Å². The van der Waals surface area contributed by atoms with Gasteiger partial charge in [-0.1, -0.05) is 83.8 Å². The van der Waals surface area contributed by atoms with Gasteiger partial charge < -0.3 is 9.84 Å². The third-order valence-corrected chi connectivity index (χ3v) is 4.62. The molecular formula is C22H42O3. The molecule has 148 valence electrons. The molecule has 0 amide bonds. The lowest BCUT2D eigenvalue weighted by molar-refractivity contribution is -0.150. The average Bonchev–Trinajstić information content (AvgIpc) is 2.60. The number of hydrogen-bond acceptors (Lipinski definition) is 2. The number of unbranched alkanes of at least 4 members (excludes halogenated alkanes) is 12. The molecule has 0 aromatic heterocycles. The van der Waals surface area contributed by atoms with Gasteiger partial charge in [0.05, 0.1) is 0 Å². The summed E-state index contributed by atoms with van der Waals surface area (Å²) in [5.41, 5.74) is 0. The zero-order chi connectivity index (χ0) is 18.6. The number of carboxylic acids is 1. The monoisotopic (exact) mass is 354 g/mol. The Morgan fingerprint density at radius 3 is 1.76 bits per heavy atom. The van der Waals surface area contributed by atoms with Crippen molar-refractivity contribution in [3.63, 3.8) is 0 Å². The highest BCUT2D eigenvalue weighted by Crippen LogP contribution is 2.10. The summed E-state index contributed by atoms with van der Waals surface area (Å²) in [6, 6.07) is 0. The van der Waals surface area contributed by atoms with E-state index in [2.05, 4.69) is 19.1 Å². The fourth-order valence-electron chi connectivity index (χ4n) is 2.94. The second-order valence-electron chi connectivity index (χ2n) is 7.04. The molecule has 0 saturated heterocycles. The summed E-state index contributed by atoms with van der Waals surface area (Å²) in [5, 5.41) is 8.88. The third kappa shape index (κ3) is 17.8. The van der Waals surface area contributed by atoms with Gasteiger partial charge in [-0.05, 0) is 38.5 Å². The number of carbonyl (C=O) groups is 1. The van der Waals surface area contributed by atoms with E-state index in [4.69, 9.17) is 9.84 Å². The smallest absolute Gasteiger partial charge is 0.332 e. The molecule has 1 atom stereocenters. The Morgan fingerprint density at radius 1 is 0.800 bits per heavy atom. The van der Waals surface area contributed by atoms with Crippen LogP contribution < -0.4 is 0 Å². The lowest BCUT2D eigenvalue weighted by Crippen LogP contribution is -2.23. The van der Waals surface area contributed by atoms with Gasteiger partial charge in [0, 0.05) is 6.61 Å². The SMILES string of the molecule is CCCCCCCC/C=C\CCCCCCCCOC(CC)C(=O)O. The van der Waals surface area contributed by atoms with Crippen molar-refractivity contribution >= 4 is 5.97 Å². The topological polar surface area (TPSA) is 46.5 Å². The van der Waals surface area contributed by atoms with Crippen LogP contribution in [-0.4, -0.2) is 23.8 Å². The van der Waals surface area contributed by atoms with Crippen molar-refractivity contribution < 1.29 is 14.6 Å². The molecule has 0 aliphatic carbocycles. The fraction of sp³-hybridized carbons (Fsp3) is 0.864. The summed E-state index contributed by atoms with van der Waals surface area (Å²) in [6.45, 7) is 4.69. The van der Waals surface area contributed by atoms with Crippen molar-refractivity contribution in [1.29, 1.82) is 0 Å². The molecule has 3 heteroatoms. The van der Waals surface area contributed by atoms with Gasteiger partial charge in [-0.25, -0.2) is 4.79 Å². The quantitative estimate of drug-likeness (QED) is 0.203. The Labute approximate surface area is 156 Å². The van der Waals surface area contributed by atoms with Gasteiger partial charge in [0.2, 0.25) is 0 Å². The van der Waals surface area contributed by atoms with Crippen molar-refractivity contribution in [3.05, 3.63) is 12.2 Å². The summed E-state index contributed by atoms with van der Waals surface area (Å²) >= 11 is 0.